The van der Waals surface area contributed by atoms with Gasteiger partial charge in [-0.3, -0.25) is 0 Å². The van der Waals surface area contributed by atoms with Crippen LogP contribution in [0.5, 0.6) is 0 Å². The molecule has 0 heterocycles. The predicted molar refractivity (Wildman–Crippen MR) is 78.1 cm³/mol. The Labute approximate surface area is 116 Å². The maximum Gasteiger partial charge on any atom is 0.0594 e. The van der Waals surface area contributed by atoms with E-state index in [1.807, 2.05) is 0 Å². The van der Waals surface area contributed by atoms with E-state index in [1.54, 1.807) is 0 Å². The number of ether oxygens (including phenoxy) is 1. The Morgan fingerprint density at radius 2 is 1.79 bits per heavy atom. The van der Waals surface area contributed by atoms with Gasteiger partial charge in [0.05, 0.1) is 12.7 Å². The second-order valence-corrected chi connectivity index (χ2v) is 5.96. The molecule has 2 heteroatoms. The predicted octanol–water partition coefficient (Wildman–Crippen LogP) is 3.69. The van der Waals surface area contributed by atoms with Crippen LogP contribution in [0.3, 0.4) is 0 Å². The smallest absolute Gasteiger partial charge is 0.0594 e. The second kappa shape index (κ2) is 6.53. The summed E-state index contributed by atoms with van der Waals surface area (Å²) in [5, 5.41) is 3.70. The molecule has 1 N–H and O–H groups in total. The Kier molecular flexibility index (Phi) is 4.52. The van der Waals surface area contributed by atoms with Gasteiger partial charge in [-0.1, -0.05) is 43.2 Å². The van der Waals surface area contributed by atoms with Crippen molar-refractivity contribution in [3.05, 3.63) is 35.9 Å². The van der Waals surface area contributed by atoms with Crippen molar-refractivity contribution in [2.45, 2.75) is 50.7 Å². The van der Waals surface area contributed by atoms with E-state index in [9.17, 15) is 0 Å². The molecule has 3 rings (SSSR count). The lowest BCUT2D eigenvalue weighted by Gasteiger charge is -2.19. The first kappa shape index (κ1) is 13.1. The van der Waals surface area contributed by atoms with Gasteiger partial charge in [-0.25, -0.2) is 0 Å². The van der Waals surface area contributed by atoms with Crippen LogP contribution in [-0.4, -0.2) is 19.3 Å². The first-order valence-corrected chi connectivity index (χ1v) is 7.83. The van der Waals surface area contributed by atoms with E-state index in [0.29, 0.717) is 12.1 Å². The Morgan fingerprint density at radius 3 is 2.47 bits per heavy atom. The molecule has 1 aromatic carbocycles. The maximum absolute atomic E-state index is 5.93. The fourth-order valence-corrected chi connectivity index (χ4v) is 3.14. The van der Waals surface area contributed by atoms with Crippen LogP contribution in [0.4, 0.5) is 0 Å². The molecule has 1 atom stereocenters. The zero-order valence-corrected chi connectivity index (χ0v) is 11.7. The lowest BCUT2D eigenvalue weighted by molar-refractivity contribution is 0.0587. The van der Waals surface area contributed by atoms with Crippen molar-refractivity contribution in [3.63, 3.8) is 0 Å². The zero-order valence-electron chi connectivity index (χ0n) is 11.7. The van der Waals surface area contributed by atoms with E-state index in [2.05, 4.69) is 35.6 Å². The molecule has 0 spiro atoms. The molecule has 2 aliphatic rings. The van der Waals surface area contributed by atoms with Gasteiger partial charge in [0, 0.05) is 12.6 Å². The van der Waals surface area contributed by atoms with E-state index in [4.69, 9.17) is 4.74 Å². The first-order valence-electron chi connectivity index (χ1n) is 7.83. The number of hydrogen-bond donors (Lipinski definition) is 1. The molecule has 2 aliphatic carbocycles. The van der Waals surface area contributed by atoms with Gasteiger partial charge in [-0.2, -0.15) is 0 Å². The van der Waals surface area contributed by atoms with E-state index in [0.717, 1.165) is 19.1 Å². The third-order valence-corrected chi connectivity index (χ3v) is 4.37. The largest absolute Gasteiger partial charge is 0.377 e. The molecule has 1 unspecified atom stereocenters. The maximum atomic E-state index is 5.93. The summed E-state index contributed by atoms with van der Waals surface area (Å²) in [4.78, 5) is 0. The van der Waals surface area contributed by atoms with Gasteiger partial charge in [0.2, 0.25) is 0 Å². The Hall–Kier alpha value is -0.860. The van der Waals surface area contributed by atoms with Crippen molar-refractivity contribution in [2.24, 2.45) is 5.92 Å². The molecule has 0 amide bonds. The number of nitrogens with one attached hydrogen (secondary N) is 1. The normalized spacial score (nSPS) is 21.7. The number of hydrogen-bond acceptors (Lipinski definition) is 2. The quantitative estimate of drug-likeness (QED) is 0.754. The number of rotatable bonds is 7. The molecule has 2 nitrogen and oxygen atoms in total. The minimum absolute atomic E-state index is 0.536. The lowest BCUT2D eigenvalue weighted by atomic mass is 10.0. The fourth-order valence-electron chi connectivity index (χ4n) is 3.14. The van der Waals surface area contributed by atoms with Crippen LogP contribution < -0.4 is 5.32 Å². The summed E-state index contributed by atoms with van der Waals surface area (Å²) in [6.07, 6.45) is 8.53. The minimum Gasteiger partial charge on any atom is -0.377 e. The summed E-state index contributed by atoms with van der Waals surface area (Å²) < 4.78 is 5.93. The molecule has 0 saturated heterocycles. The Bertz CT molecular complexity index is 368. The highest BCUT2D eigenvalue weighted by Gasteiger charge is 2.31. The van der Waals surface area contributed by atoms with Crippen molar-refractivity contribution in [1.29, 1.82) is 0 Å². The molecular weight excluding hydrogens is 234 g/mol. The summed E-state index contributed by atoms with van der Waals surface area (Å²) in [5.41, 5.74) is 1.44. The summed E-state index contributed by atoms with van der Waals surface area (Å²) in [7, 11) is 0. The zero-order chi connectivity index (χ0) is 12.9. The molecule has 0 radical (unpaired) electrons. The summed E-state index contributed by atoms with van der Waals surface area (Å²) >= 11 is 0. The molecule has 1 aromatic rings. The van der Waals surface area contributed by atoms with Crippen molar-refractivity contribution in [3.8, 4) is 0 Å². The van der Waals surface area contributed by atoms with Crippen LogP contribution in [0.1, 0.15) is 50.1 Å². The summed E-state index contributed by atoms with van der Waals surface area (Å²) in [6, 6.07) is 11.4. The molecule has 0 bridgehead atoms. The van der Waals surface area contributed by atoms with Crippen molar-refractivity contribution in [1.82, 2.24) is 5.32 Å². The lowest BCUT2D eigenvalue weighted by Crippen LogP contribution is -2.28. The Balaban J connectivity index is 1.43. The Morgan fingerprint density at radius 1 is 1.05 bits per heavy atom. The molecule has 0 aromatic heterocycles. The van der Waals surface area contributed by atoms with Crippen molar-refractivity contribution in [2.75, 3.05) is 13.2 Å². The van der Waals surface area contributed by atoms with Gasteiger partial charge in [-0.15, -0.1) is 0 Å². The highest BCUT2D eigenvalue weighted by Crippen LogP contribution is 2.40. The fraction of sp³-hybridized carbons (Fsp3) is 0.647. The van der Waals surface area contributed by atoms with Crippen LogP contribution >= 0.6 is 0 Å². The second-order valence-electron chi connectivity index (χ2n) is 5.96. The van der Waals surface area contributed by atoms with E-state index in [-0.39, 0.29) is 0 Å². The summed E-state index contributed by atoms with van der Waals surface area (Å²) in [5.74, 6) is 0.842. The van der Waals surface area contributed by atoms with Gasteiger partial charge < -0.3 is 10.1 Å². The van der Waals surface area contributed by atoms with Gasteiger partial charge in [0.15, 0.2) is 0 Å². The van der Waals surface area contributed by atoms with Crippen molar-refractivity contribution >= 4 is 0 Å². The molecule has 0 aliphatic heterocycles. The van der Waals surface area contributed by atoms with E-state index >= 15 is 0 Å². The van der Waals surface area contributed by atoms with Crippen LogP contribution in [0, 0.1) is 5.92 Å². The minimum atomic E-state index is 0.536. The monoisotopic (exact) mass is 259 g/mol. The number of benzene rings is 1. The standard InChI is InChI=1S/C17H25NO/c1-2-6-14(7-3-1)17(15-10-11-15)18-12-13-19-16-8-4-5-9-16/h1-3,6-7,15-18H,4-5,8-13H2. The molecule has 2 fully saturated rings. The molecule has 104 valence electrons. The van der Waals surface area contributed by atoms with Crippen LogP contribution in [0.15, 0.2) is 30.3 Å². The summed E-state index contributed by atoms with van der Waals surface area (Å²) in [6.45, 7) is 1.84. The van der Waals surface area contributed by atoms with Crippen LogP contribution in [0.25, 0.3) is 0 Å². The van der Waals surface area contributed by atoms with E-state index in [1.165, 1.54) is 44.1 Å². The molecule has 2 saturated carbocycles. The topological polar surface area (TPSA) is 21.3 Å². The van der Waals surface area contributed by atoms with Crippen LogP contribution in [-0.2, 0) is 4.74 Å². The van der Waals surface area contributed by atoms with Gasteiger partial charge in [-0.05, 0) is 37.2 Å². The average Bonchev–Trinajstić information content (AvgIpc) is 3.15. The first-order chi connectivity index (χ1) is 9.43. The SMILES string of the molecule is c1ccc(C(NCCOC2CCCC2)C2CC2)cc1. The van der Waals surface area contributed by atoms with Crippen molar-refractivity contribution < 1.29 is 4.74 Å². The average molecular weight is 259 g/mol. The highest BCUT2D eigenvalue weighted by molar-refractivity contribution is 5.21. The van der Waals surface area contributed by atoms with Gasteiger partial charge >= 0.3 is 0 Å². The van der Waals surface area contributed by atoms with E-state index < -0.39 is 0 Å². The van der Waals surface area contributed by atoms with Crippen LogP contribution in [0.2, 0.25) is 0 Å². The van der Waals surface area contributed by atoms with Gasteiger partial charge in [0.1, 0.15) is 0 Å². The third kappa shape index (κ3) is 3.80. The van der Waals surface area contributed by atoms with Gasteiger partial charge in [0.25, 0.3) is 0 Å². The molecular formula is C17H25NO. The third-order valence-electron chi connectivity index (χ3n) is 4.37. The highest BCUT2D eigenvalue weighted by atomic mass is 16.5. The molecule has 19 heavy (non-hydrogen) atoms.